The molecule has 0 amide bonds. The highest BCUT2D eigenvalue weighted by Crippen LogP contribution is 2.38. The number of benzene rings is 3. The van der Waals surface area contributed by atoms with Gasteiger partial charge in [-0.3, -0.25) is 0 Å². The van der Waals surface area contributed by atoms with Crippen LogP contribution >= 0.6 is 0 Å². The van der Waals surface area contributed by atoms with Gasteiger partial charge < -0.3 is 0 Å². The van der Waals surface area contributed by atoms with Crippen LogP contribution in [-0.4, -0.2) is 0 Å². The molecule has 0 nitrogen and oxygen atoms in total. The van der Waals surface area contributed by atoms with Crippen LogP contribution in [0.2, 0.25) is 0 Å². The minimum Gasteiger partial charge on any atom is -0.207 e. The van der Waals surface area contributed by atoms with E-state index in [0.717, 1.165) is 17.0 Å². The Morgan fingerprint density at radius 3 is 1.90 bits per heavy atom. The van der Waals surface area contributed by atoms with E-state index in [1.54, 1.807) is 12.1 Å². The predicted octanol–water partition coefficient (Wildman–Crippen LogP) is 9.07. The number of rotatable bonds is 5. The Bertz CT molecular complexity index is 1030. The Hall–Kier alpha value is -2.55. The molecule has 0 N–H and O–H groups in total. The lowest BCUT2D eigenvalue weighted by Gasteiger charge is -2.28. The average molecular weight is 425 g/mol. The fourth-order valence-corrected chi connectivity index (χ4v) is 4.87. The standard InChI is InChI=1S/C28H29F3.H2/c1-3-4-19-5-7-20(8-6-19)21-9-11-22(12-10-21)23-13-14-25(28(31)15-23)24-16-26(29)18(2)27(30)17-24;/h9-17,19-20H,3-8H2,1-2H3;1H. The van der Waals surface area contributed by atoms with Gasteiger partial charge in [-0.15, -0.1) is 0 Å². The largest absolute Gasteiger partial charge is 0.207 e. The van der Waals surface area contributed by atoms with E-state index in [9.17, 15) is 13.2 Å². The van der Waals surface area contributed by atoms with E-state index in [0.29, 0.717) is 5.92 Å². The number of hydrogen-bond acceptors (Lipinski definition) is 0. The van der Waals surface area contributed by atoms with Gasteiger partial charge in [0.1, 0.15) is 17.5 Å². The number of hydrogen-bond donors (Lipinski definition) is 0. The van der Waals surface area contributed by atoms with Gasteiger partial charge in [0.15, 0.2) is 0 Å². The second-order valence-electron chi connectivity index (χ2n) is 8.89. The number of halogens is 3. The van der Waals surface area contributed by atoms with Crippen LogP contribution in [0.1, 0.15) is 63.9 Å². The van der Waals surface area contributed by atoms with Crippen molar-refractivity contribution in [2.24, 2.45) is 5.92 Å². The molecule has 0 saturated heterocycles. The lowest BCUT2D eigenvalue weighted by molar-refractivity contribution is 0.308. The van der Waals surface area contributed by atoms with Gasteiger partial charge >= 0.3 is 0 Å². The average Bonchev–Trinajstić information content (AvgIpc) is 2.78. The van der Waals surface area contributed by atoms with Crippen LogP contribution in [0.15, 0.2) is 54.6 Å². The van der Waals surface area contributed by atoms with Gasteiger partial charge in [-0.1, -0.05) is 56.2 Å². The second-order valence-corrected chi connectivity index (χ2v) is 8.89. The van der Waals surface area contributed by atoms with Crippen molar-refractivity contribution in [2.75, 3.05) is 0 Å². The topological polar surface area (TPSA) is 0 Å². The van der Waals surface area contributed by atoms with E-state index in [-0.39, 0.29) is 18.1 Å². The van der Waals surface area contributed by atoms with E-state index < -0.39 is 17.5 Å². The molecule has 0 atom stereocenters. The van der Waals surface area contributed by atoms with Crippen molar-refractivity contribution in [3.8, 4) is 22.3 Å². The molecule has 164 valence electrons. The maximum absolute atomic E-state index is 14.8. The maximum Gasteiger partial charge on any atom is 0.131 e. The van der Waals surface area contributed by atoms with E-state index in [2.05, 4.69) is 19.1 Å². The Labute approximate surface area is 184 Å². The first-order valence-electron chi connectivity index (χ1n) is 11.3. The van der Waals surface area contributed by atoms with Gasteiger partial charge in [0.05, 0.1) is 0 Å². The van der Waals surface area contributed by atoms with Gasteiger partial charge in [-0.25, -0.2) is 13.2 Å². The second kappa shape index (κ2) is 9.30. The summed E-state index contributed by atoms with van der Waals surface area (Å²) in [6.07, 6.45) is 7.73. The third-order valence-corrected chi connectivity index (χ3v) is 6.82. The molecule has 0 radical (unpaired) electrons. The normalized spacial score (nSPS) is 18.9. The summed E-state index contributed by atoms with van der Waals surface area (Å²) in [6, 6.07) is 15.6. The third-order valence-electron chi connectivity index (χ3n) is 6.82. The minimum absolute atomic E-state index is 0. The van der Waals surface area contributed by atoms with Crippen LogP contribution in [0.25, 0.3) is 22.3 Å². The zero-order chi connectivity index (χ0) is 22.0. The van der Waals surface area contributed by atoms with Gasteiger partial charge in [0.2, 0.25) is 0 Å². The zero-order valence-corrected chi connectivity index (χ0v) is 18.2. The highest BCUT2D eigenvalue weighted by atomic mass is 19.1. The van der Waals surface area contributed by atoms with E-state index >= 15 is 0 Å². The summed E-state index contributed by atoms with van der Waals surface area (Å²) in [4.78, 5) is 0. The van der Waals surface area contributed by atoms with Crippen molar-refractivity contribution in [2.45, 2.75) is 58.3 Å². The first-order chi connectivity index (χ1) is 15.0. The lowest BCUT2D eigenvalue weighted by atomic mass is 9.77. The van der Waals surface area contributed by atoms with Crippen LogP contribution in [0, 0.1) is 30.3 Å². The summed E-state index contributed by atoms with van der Waals surface area (Å²) in [6.45, 7) is 3.63. The SMILES string of the molecule is CCCC1CCC(c2ccc(-c3ccc(-c4cc(F)c(C)c(F)c4)c(F)c3)cc2)CC1.[HH]. The Balaban J connectivity index is 0.00000289. The maximum atomic E-state index is 14.8. The van der Waals surface area contributed by atoms with Crippen molar-refractivity contribution >= 4 is 0 Å². The van der Waals surface area contributed by atoms with E-state index in [1.165, 1.54) is 69.2 Å². The van der Waals surface area contributed by atoms with Crippen LogP contribution in [-0.2, 0) is 0 Å². The molecule has 3 heteroatoms. The minimum atomic E-state index is -0.669. The molecule has 31 heavy (non-hydrogen) atoms. The zero-order valence-electron chi connectivity index (χ0n) is 18.2. The van der Waals surface area contributed by atoms with Crippen LogP contribution < -0.4 is 0 Å². The monoisotopic (exact) mass is 424 g/mol. The van der Waals surface area contributed by atoms with Gasteiger partial charge in [0.25, 0.3) is 0 Å². The predicted molar refractivity (Wildman–Crippen MR) is 124 cm³/mol. The van der Waals surface area contributed by atoms with Gasteiger partial charge in [-0.05, 0) is 84.9 Å². The molecule has 0 aromatic heterocycles. The van der Waals surface area contributed by atoms with Crippen molar-refractivity contribution in [1.29, 1.82) is 0 Å². The highest BCUT2D eigenvalue weighted by molar-refractivity contribution is 5.71. The van der Waals surface area contributed by atoms with Crippen molar-refractivity contribution in [3.05, 3.63) is 83.2 Å². The van der Waals surface area contributed by atoms with Crippen LogP contribution in [0.5, 0.6) is 0 Å². The molecule has 1 fully saturated rings. The first-order valence-corrected chi connectivity index (χ1v) is 11.3. The fourth-order valence-electron chi connectivity index (χ4n) is 4.87. The Morgan fingerprint density at radius 2 is 1.32 bits per heavy atom. The molecule has 0 aliphatic heterocycles. The molecule has 1 aliphatic carbocycles. The molecular weight excluding hydrogens is 393 g/mol. The van der Waals surface area contributed by atoms with Crippen molar-refractivity contribution in [1.82, 2.24) is 0 Å². The molecule has 4 rings (SSSR count). The third kappa shape index (κ3) is 4.71. The molecular formula is C28H31F3. The summed E-state index contributed by atoms with van der Waals surface area (Å²) in [5.74, 6) is -0.320. The Morgan fingerprint density at radius 1 is 0.742 bits per heavy atom. The summed E-state index contributed by atoms with van der Waals surface area (Å²) in [7, 11) is 0. The first kappa shape index (κ1) is 21.7. The Kier molecular flexibility index (Phi) is 6.50. The molecule has 0 spiro atoms. The van der Waals surface area contributed by atoms with E-state index in [4.69, 9.17) is 0 Å². The van der Waals surface area contributed by atoms with Crippen LogP contribution in [0.4, 0.5) is 13.2 Å². The smallest absolute Gasteiger partial charge is 0.131 e. The molecule has 1 saturated carbocycles. The highest BCUT2D eigenvalue weighted by Gasteiger charge is 2.21. The van der Waals surface area contributed by atoms with Gasteiger partial charge in [-0.2, -0.15) is 0 Å². The van der Waals surface area contributed by atoms with E-state index in [1.807, 2.05) is 12.1 Å². The summed E-state index contributed by atoms with van der Waals surface area (Å²) >= 11 is 0. The van der Waals surface area contributed by atoms with Gasteiger partial charge in [0, 0.05) is 12.6 Å². The molecule has 3 aromatic carbocycles. The summed E-state index contributed by atoms with van der Waals surface area (Å²) in [5.41, 5.74) is 3.41. The molecule has 3 aromatic rings. The molecule has 1 aliphatic rings. The molecule has 0 heterocycles. The summed E-state index contributed by atoms with van der Waals surface area (Å²) in [5, 5.41) is 0. The van der Waals surface area contributed by atoms with Crippen molar-refractivity contribution < 1.29 is 14.6 Å². The van der Waals surface area contributed by atoms with Crippen molar-refractivity contribution in [3.63, 3.8) is 0 Å². The summed E-state index contributed by atoms with van der Waals surface area (Å²) < 4.78 is 42.6. The fraction of sp³-hybridized carbons (Fsp3) is 0.357. The lowest BCUT2D eigenvalue weighted by Crippen LogP contribution is -2.13. The van der Waals surface area contributed by atoms with Crippen LogP contribution in [0.3, 0.4) is 0 Å². The molecule has 0 bridgehead atoms. The quantitative estimate of drug-likeness (QED) is 0.383. The molecule has 0 unspecified atom stereocenters.